The topological polar surface area (TPSA) is 70.6 Å². The third-order valence-corrected chi connectivity index (χ3v) is 3.06. The van der Waals surface area contributed by atoms with E-state index >= 15 is 0 Å². The smallest absolute Gasteiger partial charge is 0.193 e. The van der Waals surface area contributed by atoms with Gasteiger partial charge < -0.3 is 16.2 Å². The lowest BCUT2D eigenvalue weighted by atomic mass is 10.3. The van der Waals surface area contributed by atoms with E-state index in [9.17, 15) is 0 Å². The Morgan fingerprint density at radius 3 is 2.76 bits per heavy atom. The molecule has 0 saturated heterocycles. The maximum Gasteiger partial charge on any atom is 0.193 e. The number of hydrogen-bond donors (Lipinski definition) is 3. The van der Waals surface area contributed by atoms with Crippen LogP contribution in [0.15, 0.2) is 35.3 Å². The Labute approximate surface area is 106 Å². The number of guanidine groups is 1. The van der Waals surface area contributed by atoms with Gasteiger partial charge in [-0.15, -0.1) is 0 Å². The zero-order chi connectivity index (χ0) is 12.3. The van der Waals surface area contributed by atoms with Crippen molar-refractivity contribution in [2.24, 2.45) is 10.7 Å². The first-order valence-electron chi connectivity index (χ1n) is 5.63. The summed E-state index contributed by atoms with van der Waals surface area (Å²) in [5.74, 6) is 2.34. The van der Waals surface area contributed by atoms with Gasteiger partial charge in [-0.2, -0.15) is 11.8 Å². The monoisotopic (exact) mass is 253 g/mol. The largest absolute Gasteiger partial charge is 0.396 e. The first-order valence-corrected chi connectivity index (χ1v) is 6.79. The van der Waals surface area contributed by atoms with E-state index in [2.05, 4.69) is 10.3 Å². The first-order chi connectivity index (χ1) is 8.33. The van der Waals surface area contributed by atoms with E-state index in [-0.39, 0.29) is 6.61 Å². The highest BCUT2D eigenvalue weighted by atomic mass is 32.2. The molecule has 0 aromatic heterocycles. The summed E-state index contributed by atoms with van der Waals surface area (Å²) in [6.07, 6.45) is 0.839. The van der Waals surface area contributed by atoms with Crippen molar-refractivity contribution >= 4 is 23.4 Å². The Balaban J connectivity index is 2.17. The molecule has 5 heteroatoms. The van der Waals surface area contributed by atoms with Crippen molar-refractivity contribution < 1.29 is 5.11 Å². The van der Waals surface area contributed by atoms with Crippen LogP contribution < -0.4 is 11.1 Å². The number of aliphatic hydroxyl groups is 1. The van der Waals surface area contributed by atoms with Crippen molar-refractivity contribution in [2.45, 2.75) is 6.42 Å². The lowest BCUT2D eigenvalue weighted by molar-refractivity contribution is 0.296. The molecule has 0 radical (unpaired) electrons. The standard InChI is InChI=1S/C12H19N3OS/c13-12(14-7-10-17-9-4-8-16)15-11-5-2-1-3-6-11/h1-3,5-6,16H,4,7-10H2,(H3,13,14,15). The molecular weight excluding hydrogens is 234 g/mol. The number of nitrogens with zero attached hydrogens (tertiary/aromatic N) is 1. The summed E-state index contributed by atoms with van der Waals surface area (Å²) in [7, 11) is 0. The van der Waals surface area contributed by atoms with Crippen molar-refractivity contribution in [3.8, 4) is 0 Å². The van der Waals surface area contributed by atoms with E-state index in [1.54, 1.807) is 11.8 Å². The van der Waals surface area contributed by atoms with E-state index in [1.807, 2.05) is 30.3 Å². The summed E-state index contributed by atoms with van der Waals surface area (Å²) in [5, 5.41) is 11.6. The number of benzene rings is 1. The fourth-order valence-corrected chi connectivity index (χ4v) is 1.97. The number of hydrogen-bond acceptors (Lipinski definition) is 3. The van der Waals surface area contributed by atoms with Gasteiger partial charge in [0.15, 0.2) is 5.96 Å². The van der Waals surface area contributed by atoms with Crippen molar-refractivity contribution in [1.29, 1.82) is 0 Å². The first kappa shape index (κ1) is 13.9. The summed E-state index contributed by atoms with van der Waals surface area (Å²) in [6.45, 7) is 0.954. The van der Waals surface area contributed by atoms with Gasteiger partial charge in [0.2, 0.25) is 0 Å². The fraction of sp³-hybridized carbons (Fsp3) is 0.417. The average Bonchev–Trinajstić information content (AvgIpc) is 2.35. The predicted octanol–water partition coefficient (Wildman–Crippen LogP) is 1.53. The molecule has 0 aliphatic rings. The second-order valence-corrected chi connectivity index (χ2v) is 4.67. The maximum absolute atomic E-state index is 8.60. The molecule has 94 valence electrons. The lowest BCUT2D eigenvalue weighted by Crippen LogP contribution is -2.23. The van der Waals surface area contributed by atoms with Crippen LogP contribution in [0.3, 0.4) is 0 Å². The summed E-state index contributed by atoms with van der Waals surface area (Å²) >= 11 is 1.78. The SMILES string of the molecule is NC(=NCCSCCCO)Nc1ccccc1. The second-order valence-electron chi connectivity index (χ2n) is 3.45. The van der Waals surface area contributed by atoms with Crippen LogP contribution in [-0.2, 0) is 0 Å². The van der Waals surface area contributed by atoms with Gasteiger partial charge in [-0.3, -0.25) is 4.99 Å². The van der Waals surface area contributed by atoms with E-state index in [0.717, 1.165) is 23.6 Å². The second kappa shape index (κ2) is 8.90. The van der Waals surface area contributed by atoms with Gasteiger partial charge in [0, 0.05) is 18.0 Å². The van der Waals surface area contributed by atoms with E-state index < -0.39 is 0 Å². The predicted molar refractivity (Wildman–Crippen MR) is 75.6 cm³/mol. The van der Waals surface area contributed by atoms with Crippen molar-refractivity contribution in [2.75, 3.05) is 30.0 Å². The quantitative estimate of drug-likeness (QED) is 0.391. The highest BCUT2D eigenvalue weighted by Crippen LogP contribution is 2.04. The number of thioether (sulfide) groups is 1. The molecule has 0 spiro atoms. The molecule has 1 aromatic rings. The average molecular weight is 253 g/mol. The molecule has 0 saturated carbocycles. The molecule has 0 bridgehead atoms. The van der Waals surface area contributed by atoms with Gasteiger partial charge in [-0.1, -0.05) is 18.2 Å². The summed E-state index contributed by atoms with van der Waals surface area (Å²) in [5.41, 5.74) is 6.68. The Kier molecular flexibility index (Phi) is 7.25. The van der Waals surface area contributed by atoms with Crippen LogP contribution in [0.1, 0.15) is 6.42 Å². The van der Waals surface area contributed by atoms with Gasteiger partial charge in [0.05, 0.1) is 6.54 Å². The van der Waals surface area contributed by atoms with Crippen molar-refractivity contribution in [3.63, 3.8) is 0 Å². The Bertz CT molecular complexity index is 330. The third kappa shape index (κ3) is 6.86. The molecule has 0 heterocycles. The van der Waals surface area contributed by atoms with Crippen LogP contribution in [0.4, 0.5) is 5.69 Å². The molecule has 1 rings (SSSR count). The minimum Gasteiger partial charge on any atom is -0.396 e. The molecular formula is C12H19N3OS. The van der Waals surface area contributed by atoms with Crippen molar-refractivity contribution in [3.05, 3.63) is 30.3 Å². The lowest BCUT2D eigenvalue weighted by Gasteiger charge is -2.04. The Morgan fingerprint density at radius 2 is 2.06 bits per heavy atom. The van der Waals surface area contributed by atoms with Gasteiger partial charge in [0.25, 0.3) is 0 Å². The molecule has 0 atom stereocenters. The fourth-order valence-electron chi connectivity index (χ4n) is 1.21. The summed E-state index contributed by atoms with van der Waals surface area (Å²) < 4.78 is 0. The van der Waals surface area contributed by atoms with Crippen LogP contribution in [0.2, 0.25) is 0 Å². The zero-order valence-electron chi connectivity index (χ0n) is 9.80. The normalized spacial score (nSPS) is 11.5. The maximum atomic E-state index is 8.60. The Hall–Kier alpha value is -1.20. The number of rotatable bonds is 7. The number of nitrogens with one attached hydrogen (secondary N) is 1. The molecule has 0 amide bonds. The minimum atomic E-state index is 0.258. The van der Waals surface area contributed by atoms with Crippen LogP contribution in [0.5, 0.6) is 0 Å². The molecule has 0 aliphatic heterocycles. The molecule has 4 nitrogen and oxygen atoms in total. The third-order valence-electron chi connectivity index (χ3n) is 2.01. The van der Waals surface area contributed by atoms with E-state index in [1.165, 1.54) is 0 Å². The molecule has 17 heavy (non-hydrogen) atoms. The summed E-state index contributed by atoms with van der Waals surface area (Å²) in [6, 6.07) is 9.73. The number of anilines is 1. The van der Waals surface area contributed by atoms with Gasteiger partial charge in [-0.25, -0.2) is 0 Å². The van der Waals surface area contributed by atoms with Crippen molar-refractivity contribution in [1.82, 2.24) is 0 Å². The van der Waals surface area contributed by atoms with Gasteiger partial charge in [0.1, 0.15) is 0 Å². The minimum absolute atomic E-state index is 0.258. The molecule has 0 unspecified atom stereocenters. The Morgan fingerprint density at radius 1 is 1.29 bits per heavy atom. The van der Waals surface area contributed by atoms with Crippen LogP contribution in [0.25, 0.3) is 0 Å². The number of aliphatic imine (C=N–C) groups is 1. The molecule has 0 fully saturated rings. The zero-order valence-corrected chi connectivity index (χ0v) is 10.6. The summed E-state index contributed by atoms with van der Waals surface area (Å²) in [4.78, 5) is 4.22. The number of nitrogens with two attached hydrogens (primary N) is 1. The van der Waals surface area contributed by atoms with Gasteiger partial charge in [-0.05, 0) is 24.3 Å². The number of para-hydroxylation sites is 1. The molecule has 1 aromatic carbocycles. The number of aliphatic hydroxyl groups excluding tert-OH is 1. The van der Waals surface area contributed by atoms with E-state index in [4.69, 9.17) is 10.8 Å². The van der Waals surface area contributed by atoms with Crippen LogP contribution in [-0.4, -0.2) is 35.7 Å². The highest BCUT2D eigenvalue weighted by molar-refractivity contribution is 7.99. The molecule has 4 N–H and O–H groups in total. The highest BCUT2D eigenvalue weighted by Gasteiger charge is 1.93. The molecule has 0 aliphatic carbocycles. The van der Waals surface area contributed by atoms with Gasteiger partial charge >= 0.3 is 0 Å². The van der Waals surface area contributed by atoms with E-state index in [0.29, 0.717) is 12.5 Å². The van der Waals surface area contributed by atoms with Crippen LogP contribution >= 0.6 is 11.8 Å². The van der Waals surface area contributed by atoms with Crippen LogP contribution in [0, 0.1) is 0 Å².